The number of rotatable bonds is 3. The second-order valence-corrected chi connectivity index (χ2v) is 5.62. The lowest BCUT2D eigenvalue weighted by Gasteiger charge is -2.38. The predicted octanol–water partition coefficient (Wildman–Crippen LogP) is 2.07. The summed E-state index contributed by atoms with van der Waals surface area (Å²) in [4.78, 5) is 14.3. The summed E-state index contributed by atoms with van der Waals surface area (Å²) < 4.78 is 26.3. The van der Waals surface area contributed by atoms with Gasteiger partial charge >= 0.3 is 6.55 Å². The molecule has 22 heavy (non-hydrogen) atoms. The summed E-state index contributed by atoms with van der Waals surface area (Å²) in [6, 6.07) is 0.325. The maximum Gasteiger partial charge on any atom is 0.333 e. The van der Waals surface area contributed by atoms with Crippen molar-refractivity contribution in [2.45, 2.75) is 52.7 Å². The van der Waals surface area contributed by atoms with Crippen molar-refractivity contribution in [1.29, 1.82) is 0 Å². The van der Waals surface area contributed by atoms with Crippen LogP contribution in [0.15, 0.2) is 0 Å². The summed E-state index contributed by atoms with van der Waals surface area (Å²) in [6.07, 6.45) is 0.126. The highest BCUT2D eigenvalue weighted by molar-refractivity contribution is 5.85. The van der Waals surface area contributed by atoms with E-state index in [4.69, 9.17) is 0 Å². The third-order valence-electron chi connectivity index (χ3n) is 4.34. The van der Waals surface area contributed by atoms with Gasteiger partial charge in [-0.15, -0.1) is 12.4 Å². The second-order valence-electron chi connectivity index (χ2n) is 5.62. The summed E-state index contributed by atoms with van der Waals surface area (Å²) in [6.45, 7) is 6.01. The summed E-state index contributed by atoms with van der Waals surface area (Å²) in [5.41, 5.74) is 1.47. The Kier molecular flexibility index (Phi) is 6.31. The van der Waals surface area contributed by atoms with E-state index in [1.807, 2.05) is 18.7 Å². The molecule has 0 aliphatic carbocycles. The lowest BCUT2D eigenvalue weighted by Crippen LogP contribution is -2.57. The van der Waals surface area contributed by atoms with Crippen molar-refractivity contribution in [2.75, 3.05) is 13.1 Å². The van der Waals surface area contributed by atoms with E-state index in [2.05, 4.69) is 10.4 Å². The maximum atomic E-state index is 12.8. The van der Waals surface area contributed by atoms with Gasteiger partial charge in [-0.2, -0.15) is 13.9 Å². The minimum Gasteiger partial charge on any atom is -0.337 e. The zero-order valence-electron chi connectivity index (χ0n) is 13.3. The number of aromatic nitrogens is 2. The number of hydrogen-bond acceptors (Lipinski definition) is 3. The van der Waals surface area contributed by atoms with E-state index < -0.39 is 6.55 Å². The normalized spacial score (nSPS) is 21.9. The van der Waals surface area contributed by atoms with Crippen molar-refractivity contribution in [3.8, 4) is 0 Å². The Balaban J connectivity index is 0.00000242. The monoisotopic (exact) mass is 336 g/mol. The average molecular weight is 337 g/mol. The Hall–Kier alpha value is -1.21. The van der Waals surface area contributed by atoms with Crippen LogP contribution in [0.1, 0.15) is 37.3 Å². The third-order valence-corrected chi connectivity index (χ3v) is 4.34. The van der Waals surface area contributed by atoms with Gasteiger partial charge in [0.25, 0.3) is 0 Å². The molecule has 0 radical (unpaired) electrons. The van der Waals surface area contributed by atoms with Crippen LogP contribution in [0.3, 0.4) is 0 Å². The van der Waals surface area contributed by atoms with Gasteiger partial charge in [0.05, 0.1) is 12.1 Å². The molecule has 2 heterocycles. The van der Waals surface area contributed by atoms with Crippen molar-refractivity contribution in [2.24, 2.45) is 0 Å². The van der Waals surface area contributed by atoms with Gasteiger partial charge in [-0.1, -0.05) is 0 Å². The van der Waals surface area contributed by atoms with E-state index in [-0.39, 0.29) is 36.8 Å². The Morgan fingerprint density at radius 1 is 1.41 bits per heavy atom. The van der Waals surface area contributed by atoms with Crippen molar-refractivity contribution < 1.29 is 13.6 Å². The molecular formula is C14H23ClF2N4O. The summed E-state index contributed by atoms with van der Waals surface area (Å²) in [7, 11) is 0. The van der Waals surface area contributed by atoms with Crippen molar-refractivity contribution in [3.05, 3.63) is 17.0 Å². The molecule has 0 saturated carbocycles. The lowest BCUT2D eigenvalue weighted by atomic mass is 10.0. The standard InChI is InChI=1S/C14H22F2N4O.ClH/c1-8-10(3)19(6-5-17-8)13(21)7-12-9(2)18-20(11(12)4)14(15)16;/h8,10,14,17H,5-7H2,1-4H3;1H. The molecule has 1 amide bonds. The summed E-state index contributed by atoms with van der Waals surface area (Å²) in [5.74, 6) is -0.0316. The highest BCUT2D eigenvalue weighted by Crippen LogP contribution is 2.21. The van der Waals surface area contributed by atoms with Gasteiger partial charge in [-0.3, -0.25) is 4.79 Å². The maximum absolute atomic E-state index is 12.8. The van der Waals surface area contributed by atoms with Gasteiger partial charge in [-0.25, -0.2) is 4.68 Å². The molecule has 1 N–H and O–H groups in total. The minimum absolute atomic E-state index is 0. The highest BCUT2D eigenvalue weighted by atomic mass is 35.5. The molecule has 2 unspecified atom stereocenters. The molecule has 8 heteroatoms. The van der Waals surface area contributed by atoms with Crippen LogP contribution >= 0.6 is 12.4 Å². The molecule has 0 bridgehead atoms. The summed E-state index contributed by atoms with van der Waals surface area (Å²) >= 11 is 0. The minimum atomic E-state index is -2.68. The first kappa shape index (κ1) is 18.8. The number of aryl methyl sites for hydroxylation is 1. The van der Waals surface area contributed by atoms with Crippen molar-refractivity contribution >= 4 is 18.3 Å². The van der Waals surface area contributed by atoms with Gasteiger partial charge in [0.15, 0.2) is 0 Å². The van der Waals surface area contributed by atoms with Crippen LogP contribution in [0.4, 0.5) is 8.78 Å². The molecule has 1 saturated heterocycles. The SMILES string of the molecule is Cc1nn(C(F)F)c(C)c1CC(=O)N1CCNC(C)C1C.Cl. The quantitative estimate of drug-likeness (QED) is 0.919. The number of carbonyl (C=O) groups is 1. The number of hydrogen-bond donors (Lipinski definition) is 1. The van der Waals surface area contributed by atoms with Gasteiger partial charge in [-0.05, 0) is 27.7 Å². The molecule has 1 aliphatic rings. The fourth-order valence-corrected chi connectivity index (χ4v) is 2.80. The van der Waals surface area contributed by atoms with Crippen LogP contribution in [0.2, 0.25) is 0 Å². The van der Waals surface area contributed by atoms with E-state index >= 15 is 0 Å². The zero-order chi connectivity index (χ0) is 15.7. The largest absolute Gasteiger partial charge is 0.337 e. The molecule has 0 aromatic carbocycles. The van der Waals surface area contributed by atoms with Crippen LogP contribution in [-0.2, 0) is 11.2 Å². The molecule has 1 aromatic rings. The molecule has 2 atom stereocenters. The fourth-order valence-electron chi connectivity index (χ4n) is 2.80. The molecule has 1 fully saturated rings. The average Bonchev–Trinajstić information content (AvgIpc) is 2.70. The third kappa shape index (κ3) is 3.57. The van der Waals surface area contributed by atoms with E-state index in [1.165, 1.54) is 0 Å². The smallest absolute Gasteiger partial charge is 0.333 e. The fraction of sp³-hybridized carbons (Fsp3) is 0.714. The van der Waals surface area contributed by atoms with E-state index in [1.54, 1.807) is 13.8 Å². The number of nitrogens with zero attached hydrogens (tertiary/aromatic N) is 3. The van der Waals surface area contributed by atoms with E-state index in [9.17, 15) is 13.6 Å². The molecule has 5 nitrogen and oxygen atoms in total. The number of halogens is 3. The van der Waals surface area contributed by atoms with E-state index in [0.717, 1.165) is 6.54 Å². The number of piperazine rings is 1. The molecule has 2 rings (SSSR count). The van der Waals surface area contributed by atoms with E-state index in [0.29, 0.717) is 28.2 Å². The van der Waals surface area contributed by atoms with Crippen LogP contribution in [0.5, 0.6) is 0 Å². The summed E-state index contributed by atoms with van der Waals surface area (Å²) in [5, 5.41) is 7.14. The Labute approximate surface area is 135 Å². The van der Waals surface area contributed by atoms with Crippen LogP contribution in [-0.4, -0.2) is 45.8 Å². The molecular weight excluding hydrogens is 314 g/mol. The van der Waals surface area contributed by atoms with Gasteiger partial charge in [0.2, 0.25) is 5.91 Å². The first-order chi connectivity index (χ1) is 9.82. The van der Waals surface area contributed by atoms with Gasteiger partial charge < -0.3 is 10.2 Å². The topological polar surface area (TPSA) is 50.2 Å². The number of alkyl halides is 2. The molecule has 1 aromatic heterocycles. The van der Waals surface area contributed by atoms with Crippen LogP contribution in [0.25, 0.3) is 0 Å². The number of carbonyl (C=O) groups excluding carboxylic acids is 1. The molecule has 126 valence electrons. The Bertz CT molecular complexity index is 535. The van der Waals surface area contributed by atoms with Crippen molar-refractivity contribution in [1.82, 2.24) is 20.0 Å². The first-order valence-electron chi connectivity index (χ1n) is 7.18. The molecule has 0 spiro atoms. The highest BCUT2D eigenvalue weighted by Gasteiger charge is 2.29. The first-order valence-corrected chi connectivity index (χ1v) is 7.18. The number of amides is 1. The zero-order valence-corrected chi connectivity index (χ0v) is 14.1. The van der Waals surface area contributed by atoms with Crippen molar-refractivity contribution in [3.63, 3.8) is 0 Å². The molecule has 1 aliphatic heterocycles. The van der Waals surface area contributed by atoms with Crippen LogP contribution < -0.4 is 5.32 Å². The predicted molar refractivity (Wildman–Crippen MR) is 82.5 cm³/mol. The van der Waals surface area contributed by atoms with Gasteiger partial charge in [0, 0.05) is 36.4 Å². The second kappa shape index (κ2) is 7.37. The number of nitrogens with one attached hydrogen (secondary N) is 1. The van der Waals surface area contributed by atoms with Crippen LogP contribution in [0, 0.1) is 13.8 Å². The Morgan fingerprint density at radius 3 is 2.59 bits per heavy atom. The Morgan fingerprint density at radius 2 is 2.05 bits per heavy atom. The lowest BCUT2D eigenvalue weighted by molar-refractivity contribution is -0.134. The van der Waals surface area contributed by atoms with Gasteiger partial charge in [0.1, 0.15) is 0 Å².